The molecule has 1 aromatic carbocycles. The Hall–Kier alpha value is -1.90. The molecule has 31 heavy (non-hydrogen) atoms. The highest BCUT2D eigenvalue weighted by atomic mass is 35.5. The van der Waals surface area contributed by atoms with Crippen molar-refractivity contribution < 1.29 is 18.5 Å². The zero-order chi connectivity index (χ0) is 22.6. The quantitative estimate of drug-likeness (QED) is 0.525. The zero-order valence-electron chi connectivity index (χ0n) is 18.3. The summed E-state index contributed by atoms with van der Waals surface area (Å²) < 4.78 is 10.9. The van der Waals surface area contributed by atoms with Crippen LogP contribution in [-0.2, 0) is 8.92 Å². The average molecular weight is 468 g/mol. The molecule has 3 N–H and O–H groups in total. The van der Waals surface area contributed by atoms with Gasteiger partial charge < -0.3 is 24.5 Å². The van der Waals surface area contributed by atoms with Gasteiger partial charge in [0, 0.05) is 28.2 Å². The fourth-order valence-electron chi connectivity index (χ4n) is 3.84. The maximum absolute atomic E-state index is 12.9. The first-order chi connectivity index (χ1) is 14.6. The molecule has 0 bridgehead atoms. The standard InChI is InChI=1S/C22H30ClN3O4S/c1-22(2,3)30-21(28)26-18-9-13(12-29-31-4)5-7-17(18)25-20(27)19-11-14-10-15(23)6-8-16(14)24-19/h6,8,10-11,13,17-18,24H,5,7,9,12H2,1-4H3,(H,25,27)(H,26,28)/t13-,17?,18+/m0/s1. The second kappa shape index (κ2) is 10.1. The largest absolute Gasteiger partial charge is 0.444 e. The van der Waals surface area contributed by atoms with Crippen molar-refractivity contribution in [3.8, 4) is 0 Å². The van der Waals surface area contributed by atoms with Crippen LogP contribution in [0, 0.1) is 5.92 Å². The molecule has 1 saturated carbocycles. The number of benzene rings is 1. The lowest BCUT2D eigenvalue weighted by molar-refractivity contribution is 0.0453. The summed E-state index contributed by atoms with van der Waals surface area (Å²) in [6.07, 6.45) is 3.74. The molecule has 3 atom stereocenters. The van der Waals surface area contributed by atoms with Crippen LogP contribution < -0.4 is 10.6 Å². The van der Waals surface area contributed by atoms with Gasteiger partial charge in [-0.05, 0) is 82.3 Å². The van der Waals surface area contributed by atoms with Crippen molar-refractivity contribution in [2.45, 2.75) is 57.7 Å². The van der Waals surface area contributed by atoms with Crippen LogP contribution in [0.1, 0.15) is 50.5 Å². The van der Waals surface area contributed by atoms with Crippen molar-refractivity contribution in [1.82, 2.24) is 15.6 Å². The maximum atomic E-state index is 12.9. The van der Waals surface area contributed by atoms with E-state index in [1.54, 1.807) is 12.1 Å². The summed E-state index contributed by atoms with van der Waals surface area (Å²) in [7, 11) is 0. The number of halogens is 1. The predicted octanol–water partition coefficient (Wildman–Crippen LogP) is 4.91. The zero-order valence-corrected chi connectivity index (χ0v) is 19.9. The van der Waals surface area contributed by atoms with Gasteiger partial charge >= 0.3 is 6.09 Å². The molecule has 2 amide bonds. The van der Waals surface area contributed by atoms with E-state index >= 15 is 0 Å². The molecule has 9 heteroatoms. The van der Waals surface area contributed by atoms with Crippen molar-refractivity contribution in [3.63, 3.8) is 0 Å². The Bertz CT molecular complexity index is 927. The number of alkyl carbamates (subject to hydrolysis) is 1. The Morgan fingerprint density at radius 1 is 1.19 bits per heavy atom. The van der Waals surface area contributed by atoms with Crippen LogP contribution in [0.4, 0.5) is 4.79 Å². The molecule has 7 nitrogen and oxygen atoms in total. The van der Waals surface area contributed by atoms with Crippen LogP contribution in [0.2, 0.25) is 5.02 Å². The summed E-state index contributed by atoms with van der Waals surface area (Å²) >= 11 is 7.38. The summed E-state index contributed by atoms with van der Waals surface area (Å²) in [6.45, 7) is 6.08. The Balaban J connectivity index is 1.70. The van der Waals surface area contributed by atoms with Gasteiger partial charge in [0.1, 0.15) is 11.3 Å². The Morgan fingerprint density at radius 3 is 2.68 bits per heavy atom. The number of nitrogens with one attached hydrogen (secondary N) is 3. The lowest BCUT2D eigenvalue weighted by Crippen LogP contribution is -2.55. The minimum Gasteiger partial charge on any atom is -0.444 e. The topological polar surface area (TPSA) is 92.5 Å². The summed E-state index contributed by atoms with van der Waals surface area (Å²) in [5.41, 5.74) is 0.710. The summed E-state index contributed by atoms with van der Waals surface area (Å²) in [5, 5.41) is 7.53. The van der Waals surface area contributed by atoms with E-state index < -0.39 is 11.7 Å². The van der Waals surface area contributed by atoms with Crippen LogP contribution >= 0.6 is 23.6 Å². The highest BCUT2D eigenvalue weighted by Crippen LogP contribution is 2.27. The van der Waals surface area contributed by atoms with Crippen molar-refractivity contribution >= 4 is 46.5 Å². The molecule has 170 valence electrons. The normalized spacial score (nSPS) is 21.6. The van der Waals surface area contributed by atoms with Gasteiger partial charge in [0.25, 0.3) is 5.91 Å². The lowest BCUT2D eigenvalue weighted by atomic mass is 9.82. The average Bonchev–Trinajstić information content (AvgIpc) is 3.09. The number of aromatic nitrogens is 1. The van der Waals surface area contributed by atoms with Crippen LogP contribution in [-0.4, -0.2) is 47.5 Å². The maximum Gasteiger partial charge on any atom is 0.407 e. The number of aromatic amines is 1. The number of ether oxygens (including phenoxy) is 1. The van der Waals surface area contributed by atoms with Gasteiger partial charge in [-0.1, -0.05) is 11.6 Å². The van der Waals surface area contributed by atoms with Gasteiger partial charge in [0.15, 0.2) is 0 Å². The third-order valence-electron chi connectivity index (χ3n) is 5.23. The number of fused-ring (bicyclic) bond motifs is 1. The van der Waals surface area contributed by atoms with Crippen LogP contribution in [0.15, 0.2) is 24.3 Å². The van der Waals surface area contributed by atoms with Crippen LogP contribution in [0.3, 0.4) is 0 Å². The fourth-order valence-corrected chi connectivity index (χ4v) is 4.35. The molecule has 0 saturated heterocycles. The first kappa shape index (κ1) is 23.8. The van der Waals surface area contributed by atoms with E-state index in [9.17, 15) is 9.59 Å². The number of carbonyl (C=O) groups excluding carboxylic acids is 2. The highest BCUT2D eigenvalue weighted by molar-refractivity contribution is 7.93. The van der Waals surface area contributed by atoms with Crippen molar-refractivity contribution in [2.24, 2.45) is 5.92 Å². The van der Waals surface area contributed by atoms with Gasteiger partial charge in [0.05, 0.1) is 12.6 Å². The van der Waals surface area contributed by atoms with Gasteiger partial charge in [0.2, 0.25) is 0 Å². The molecule has 1 fully saturated rings. The molecule has 0 aliphatic heterocycles. The van der Waals surface area contributed by atoms with Gasteiger partial charge in [-0.15, -0.1) is 0 Å². The predicted molar refractivity (Wildman–Crippen MR) is 125 cm³/mol. The molecular weight excluding hydrogens is 438 g/mol. The Labute approximate surface area is 192 Å². The summed E-state index contributed by atoms with van der Waals surface area (Å²) in [6, 6.07) is 6.76. The molecule has 3 rings (SSSR count). The Morgan fingerprint density at radius 2 is 1.97 bits per heavy atom. The SMILES string of the molecule is CSOC[C@H]1CCC(NC(=O)c2cc3cc(Cl)ccc3[nH]2)[C@H](NC(=O)OC(C)(C)C)C1. The third kappa shape index (κ3) is 6.79. The van der Waals surface area contributed by atoms with Crippen molar-refractivity contribution in [3.05, 3.63) is 35.0 Å². The molecule has 0 spiro atoms. The number of amides is 2. The summed E-state index contributed by atoms with van der Waals surface area (Å²) in [5.74, 6) is 0.0860. The molecule has 1 unspecified atom stereocenters. The second-order valence-corrected chi connectivity index (χ2v) is 9.88. The van der Waals surface area contributed by atoms with Crippen molar-refractivity contribution in [2.75, 3.05) is 12.9 Å². The molecule has 1 aromatic heterocycles. The Kier molecular flexibility index (Phi) is 7.78. The van der Waals surface area contributed by atoms with E-state index in [0.717, 1.165) is 23.7 Å². The van der Waals surface area contributed by atoms with E-state index in [-0.39, 0.29) is 18.0 Å². The minimum atomic E-state index is -0.593. The molecule has 1 heterocycles. The fraction of sp³-hybridized carbons (Fsp3) is 0.545. The molecule has 2 aromatic rings. The van der Waals surface area contributed by atoms with Gasteiger partial charge in [-0.2, -0.15) is 0 Å². The van der Waals surface area contributed by atoms with E-state index in [1.165, 1.54) is 12.0 Å². The van der Waals surface area contributed by atoms with Gasteiger partial charge in [-0.3, -0.25) is 4.79 Å². The smallest absolute Gasteiger partial charge is 0.407 e. The van der Waals surface area contributed by atoms with Gasteiger partial charge in [-0.25, -0.2) is 4.79 Å². The van der Waals surface area contributed by atoms with Crippen molar-refractivity contribution in [1.29, 1.82) is 0 Å². The van der Waals surface area contributed by atoms with E-state index in [0.29, 0.717) is 29.7 Å². The number of rotatable bonds is 6. The highest BCUT2D eigenvalue weighted by Gasteiger charge is 2.34. The third-order valence-corrected chi connectivity index (χ3v) is 5.83. The first-order valence-corrected chi connectivity index (χ1v) is 11.9. The minimum absolute atomic E-state index is 0.208. The number of H-pyrrole nitrogens is 1. The number of carbonyl (C=O) groups is 2. The second-order valence-electron chi connectivity index (χ2n) is 8.88. The number of hydrogen-bond donors (Lipinski definition) is 3. The lowest BCUT2D eigenvalue weighted by Gasteiger charge is -2.37. The van der Waals surface area contributed by atoms with E-state index in [1.807, 2.05) is 39.2 Å². The van der Waals surface area contributed by atoms with Crippen LogP contribution in [0.25, 0.3) is 10.9 Å². The first-order valence-electron chi connectivity index (χ1n) is 10.4. The van der Waals surface area contributed by atoms with E-state index in [4.69, 9.17) is 20.5 Å². The molecule has 0 radical (unpaired) electrons. The number of hydrogen-bond acceptors (Lipinski definition) is 5. The van der Waals surface area contributed by atoms with E-state index in [2.05, 4.69) is 15.6 Å². The van der Waals surface area contributed by atoms with Crippen LogP contribution in [0.5, 0.6) is 0 Å². The monoisotopic (exact) mass is 467 g/mol. The molecular formula is C22H30ClN3O4S. The molecule has 1 aliphatic rings. The molecule has 1 aliphatic carbocycles. The summed E-state index contributed by atoms with van der Waals surface area (Å²) in [4.78, 5) is 28.5.